The van der Waals surface area contributed by atoms with E-state index in [-0.39, 0.29) is 24.2 Å². The van der Waals surface area contributed by atoms with Crippen LogP contribution in [0.5, 0.6) is 0 Å². The highest BCUT2D eigenvalue weighted by molar-refractivity contribution is 7.09. The minimum Gasteiger partial charge on any atom is -0.363 e. The van der Waals surface area contributed by atoms with Crippen molar-refractivity contribution < 1.29 is 9.53 Å². The van der Waals surface area contributed by atoms with Gasteiger partial charge in [-0.15, -0.1) is 11.3 Å². The van der Waals surface area contributed by atoms with Gasteiger partial charge in [0.25, 0.3) is 0 Å². The molecule has 0 aliphatic carbocycles. The van der Waals surface area contributed by atoms with Crippen molar-refractivity contribution in [3.05, 3.63) is 22.4 Å². The molecule has 4 nitrogen and oxygen atoms in total. The summed E-state index contributed by atoms with van der Waals surface area (Å²) >= 11 is 1.82. The molecule has 0 N–H and O–H groups in total. The Bertz CT molecular complexity index is 466. The Morgan fingerprint density at radius 1 is 1.45 bits per heavy atom. The molecule has 0 unspecified atom stereocenters. The molecule has 2 aliphatic rings. The molecule has 1 amide bonds. The summed E-state index contributed by atoms with van der Waals surface area (Å²) in [6.45, 7) is 5.49. The molecule has 110 valence electrons. The molecule has 0 saturated carbocycles. The van der Waals surface area contributed by atoms with Crippen LogP contribution in [0.25, 0.3) is 0 Å². The van der Waals surface area contributed by atoms with Gasteiger partial charge in [-0.1, -0.05) is 6.07 Å². The number of nitrogens with zero attached hydrogens (tertiary/aromatic N) is 2. The summed E-state index contributed by atoms with van der Waals surface area (Å²) in [5.41, 5.74) is -0.130. The van der Waals surface area contributed by atoms with Gasteiger partial charge in [0.05, 0.1) is 11.6 Å². The highest BCUT2D eigenvalue weighted by atomic mass is 32.1. The zero-order valence-electron chi connectivity index (χ0n) is 12.2. The van der Waals surface area contributed by atoms with Gasteiger partial charge in [0.15, 0.2) is 0 Å². The molecule has 2 aliphatic heterocycles. The van der Waals surface area contributed by atoms with Gasteiger partial charge in [0.2, 0.25) is 5.91 Å². The maximum Gasteiger partial charge on any atom is 0.248 e. The second-order valence-corrected chi connectivity index (χ2v) is 6.92. The van der Waals surface area contributed by atoms with E-state index in [1.807, 2.05) is 23.3 Å². The number of amides is 1. The average molecular weight is 294 g/mol. The molecular formula is C15H22N2O2S. The monoisotopic (exact) mass is 294 g/mol. The van der Waals surface area contributed by atoms with Gasteiger partial charge in [-0.05, 0) is 31.2 Å². The number of carbonyl (C=O) groups excluding carboxylic acids is 1. The highest BCUT2D eigenvalue weighted by Crippen LogP contribution is 2.35. The third-order valence-electron chi connectivity index (χ3n) is 4.88. The van der Waals surface area contributed by atoms with Crippen molar-refractivity contribution in [2.24, 2.45) is 0 Å². The van der Waals surface area contributed by atoms with E-state index >= 15 is 0 Å². The third kappa shape index (κ3) is 2.50. The van der Waals surface area contributed by atoms with E-state index in [9.17, 15) is 4.79 Å². The predicted octanol–water partition coefficient (Wildman–Crippen LogP) is 1.96. The molecule has 0 aromatic carbocycles. The van der Waals surface area contributed by atoms with Crippen LogP contribution in [0.1, 0.15) is 24.6 Å². The lowest BCUT2D eigenvalue weighted by Crippen LogP contribution is -2.62. The molecule has 3 heterocycles. The minimum absolute atomic E-state index is 0.101. The van der Waals surface area contributed by atoms with Crippen molar-refractivity contribution in [1.82, 2.24) is 9.80 Å². The zero-order valence-corrected chi connectivity index (χ0v) is 13.0. The van der Waals surface area contributed by atoms with E-state index in [2.05, 4.69) is 29.3 Å². The Morgan fingerprint density at radius 3 is 2.85 bits per heavy atom. The van der Waals surface area contributed by atoms with E-state index in [1.165, 1.54) is 4.88 Å². The van der Waals surface area contributed by atoms with Gasteiger partial charge >= 0.3 is 0 Å². The van der Waals surface area contributed by atoms with Gasteiger partial charge in [0.1, 0.15) is 6.61 Å². The van der Waals surface area contributed by atoms with E-state index in [0.29, 0.717) is 0 Å². The van der Waals surface area contributed by atoms with Crippen LogP contribution >= 0.6 is 11.3 Å². The van der Waals surface area contributed by atoms with Crippen LogP contribution in [0.2, 0.25) is 0 Å². The van der Waals surface area contributed by atoms with E-state index in [4.69, 9.17) is 4.74 Å². The molecule has 20 heavy (non-hydrogen) atoms. The summed E-state index contributed by atoms with van der Waals surface area (Å²) in [5.74, 6) is 0.101. The lowest BCUT2D eigenvalue weighted by Gasteiger charge is -2.50. The molecule has 2 saturated heterocycles. The molecule has 5 heteroatoms. The lowest BCUT2D eigenvalue weighted by molar-refractivity contribution is -0.183. The largest absolute Gasteiger partial charge is 0.363 e. The molecule has 1 aromatic heterocycles. The number of likely N-dealkylation sites (N-methyl/N-ethyl adjacent to an activating group) is 1. The summed E-state index contributed by atoms with van der Waals surface area (Å²) in [4.78, 5) is 17.5. The normalized spacial score (nSPS) is 27.2. The number of piperidine rings is 1. The fourth-order valence-corrected chi connectivity index (χ4v) is 4.02. The Morgan fingerprint density at radius 2 is 2.20 bits per heavy atom. The zero-order chi connectivity index (χ0) is 14.2. The Labute approximate surface area is 124 Å². The number of ether oxygens (including phenoxy) is 1. The first-order valence-corrected chi connectivity index (χ1v) is 8.13. The first kappa shape index (κ1) is 14.0. The summed E-state index contributed by atoms with van der Waals surface area (Å²) in [7, 11) is 1.90. The van der Waals surface area contributed by atoms with Crippen LogP contribution in [0, 0.1) is 0 Å². The van der Waals surface area contributed by atoms with Gasteiger partial charge in [0, 0.05) is 31.6 Å². The van der Waals surface area contributed by atoms with Gasteiger partial charge in [-0.2, -0.15) is 0 Å². The maximum atomic E-state index is 11.7. The number of likely N-dealkylation sites (tertiary alicyclic amines) is 1. The number of morpholine rings is 1. The predicted molar refractivity (Wildman–Crippen MR) is 79.7 cm³/mol. The Kier molecular flexibility index (Phi) is 3.84. The number of carbonyl (C=O) groups is 1. The van der Waals surface area contributed by atoms with Crippen LogP contribution in [0.4, 0.5) is 0 Å². The maximum absolute atomic E-state index is 11.7. The molecule has 1 atom stereocenters. The molecular weight excluding hydrogens is 272 g/mol. The topological polar surface area (TPSA) is 32.8 Å². The minimum atomic E-state index is -0.130. The third-order valence-corrected chi connectivity index (χ3v) is 5.74. The highest BCUT2D eigenvalue weighted by Gasteiger charge is 2.46. The van der Waals surface area contributed by atoms with E-state index < -0.39 is 0 Å². The Hall–Kier alpha value is -0.910. The molecule has 2 fully saturated rings. The molecule has 1 aromatic rings. The van der Waals surface area contributed by atoms with Gasteiger partial charge in [-0.3, -0.25) is 9.69 Å². The van der Waals surface area contributed by atoms with Crippen LogP contribution in [0.3, 0.4) is 0 Å². The van der Waals surface area contributed by atoms with Crippen molar-refractivity contribution in [1.29, 1.82) is 0 Å². The first-order chi connectivity index (χ1) is 9.61. The average Bonchev–Trinajstić information content (AvgIpc) is 2.96. The second-order valence-electron chi connectivity index (χ2n) is 5.89. The van der Waals surface area contributed by atoms with E-state index in [0.717, 1.165) is 32.5 Å². The summed E-state index contributed by atoms with van der Waals surface area (Å²) in [6, 6.07) is 4.48. The Balaban J connectivity index is 1.61. The fraction of sp³-hybridized carbons (Fsp3) is 0.667. The lowest BCUT2D eigenvalue weighted by atomic mass is 9.83. The van der Waals surface area contributed by atoms with Crippen LogP contribution in [0.15, 0.2) is 17.5 Å². The summed E-state index contributed by atoms with van der Waals surface area (Å²) in [5, 5.41) is 2.13. The standard InChI is InChI=1S/C15H22N2O2S/c1-12-15(19-11-14(18)16(12)2)5-7-17(8-6-15)10-13-4-3-9-20-13/h3-4,9,12H,5-8,10-11H2,1-2H3/t12-/m1/s1. The van der Waals surface area contributed by atoms with Crippen molar-refractivity contribution in [3.63, 3.8) is 0 Å². The number of rotatable bonds is 2. The van der Waals surface area contributed by atoms with Gasteiger partial charge in [-0.25, -0.2) is 0 Å². The molecule has 0 radical (unpaired) electrons. The molecule has 1 spiro atoms. The van der Waals surface area contributed by atoms with Gasteiger partial charge < -0.3 is 9.64 Å². The van der Waals surface area contributed by atoms with Crippen molar-refractivity contribution in [2.45, 2.75) is 38.0 Å². The quantitative estimate of drug-likeness (QED) is 0.836. The van der Waals surface area contributed by atoms with Crippen LogP contribution in [-0.2, 0) is 16.1 Å². The van der Waals surface area contributed by atoms with Crippen molar-refractivity contribution >= 4 is 17.2 Å². The molecule has 3 rings (SSSR count). The van der Waals surface area contributed by atoms with Crippen molar-refractivity contribution in [3.8, 4) is 0 Å². The smallest absolute Gasteiger partial charge is 0.248 e. The SMILES string of the molecule is C[C@H]1N(C)C(=O)COC12CCN(Cc1cccs1)CC2. The number of hydrogen-bond acceptors (Lipinski definition) is 4. The summed E-state index contributed by atoms with van der Waals surface area (Å²) in [6.07, 6.45) is 2.02. The van der Waals surface area contributed by atoms with E-state index in [1.54, 1.807) is 0 Å². The fourth-order valence-electron chi connectivity index (χ4n) is 3.27. The van der Waals surface area contributed by atoms with Crippen molar-refractivity contribution in [2.75, 3.05) is 26.7 Å². The first-order valence-electron chi connectivity index (χ1n) is 7.25. The second kappa shape index (κ2) is 5.47. The summed E-state index contributed by atoms with van der Waals surface area (Å²) < 4.78 is 5.97. The number of thiophene rings is 1. The number of hydrogen-bond donors (Lipinski definition) is 0. The molecule has 0 bridgehead atoms. The van der Waals surface area contributed by atoms with Crippen LogP contribution in [-0.4, -0.2) is 54.1 Å². The van der Waals surface area contributed by atoms with Crippen LogP contribution < -0.4 is 0 Å².